The van der Waals surface area contributed by atoms with Crippen molar-refractivity contribution in [2.24, 2.45) is 11.8 Å². The first-order valence-electron chi connectivity index (χ1n) is 7.28. The van der Waals surface area contributed by atoms with Gasteiger partial charge in [-0.1, -0.05) is 26.2 Å². The minimum atomic E-state index is -0.508. The SMILES string of the molecule is C[C@@H](C=O)[C@H](NC(=O)OC(C)(C)C)C1CCCCC1. The van der Waals surface area contributed by atoms with Gasteiger partial charge < -0.3 is 14.8 Å². The van der Waals surface area contributed by atoms with E-state index in [0.29, 0.717) is 5.92 Å². The maximum absolute atomic E-state index is 11.9. The van der Waals surface area contributed by atoms with Gasteiger partial charge in [-0.25, -0.2) is 4.79 Å². The number of hydrogen-bond acceptors (Lipinski definition) is 3. The molecule has 0 bridgehead atoms. The second-order valence-corrected chi connectivity index (χ2v) is 6.57. The lowest BCUT2D eigenvalue weighted by Gasteiger charge is -2.33. The molecule has 19 heavy (non-hydrogen) atoms. The van der Waals surface area contributed by atoms with Crippen molar-refractivity contribution in [2.45, 2.75) is 71.4 Å². The fourth-order valence-electron chi connectivity index (χ4n) is 2.70. The molecule has 4 heteroatoms. The van der Waals surface area contributed by atoms with E-state index in [1.165, 1.54) is 19.3 Å². The van der Waals surface area contributed by atoms with Gasteiger partial charge in [0, 0.05) is 12.0 Å². The molecule has 1 aliphatic carbocycles. The fraction of sp³-hybridized carbons (Fsp3) is 0.867. The summed E-state index contributed by atoms with van der Waals surface area (Å²) in [7, 11) is 0. The lowest BCUT2D eigenvalue weighted by molar-refractivity contribution is -0.111. The number of rotatable bonds is 4. The van der Waals surface area contributed by atoms with Crippen molar-refractivity contribution in [3.05, 3.63) is 0 Å². The van der Waals surface area contributed by atoms with Crippen LogP contribution >= 0.6 is 0 Å². The highest BCUT2D eigenvalue weighted by atomic mass is 16.6. The standard InChI is InChI=1S/C15H27NO3/c1-11(10-17)13(12-8-6-5-7-9-12)16-14(18)19-15(2,3)4/h10-13H,5-9H2,1-4H3,(H,16,18)/t11-,13-/m0/s1. The minimum absolute atomic E-state index is 0.104. The Morgan fingerprint density at radius 1 is 1.26 bits per heavy atom. The van der Waals surface area contributed by atoms with Gasteiger partial charge in [-0.2, -0.15) is 0 Å². The molecule has 0 heterocycles. The van der Waals surface area contributed by atoms with E-state index in [-0.39, 0.29) is 12.0 Å². The summed E-state index contributed by atoms with van der Waals surface area (Å²) in [4.78, 5) is 22.9. The summed E-state index contributed by atoms with van der Waals surface area (Å²) in [5.74, 6) is 0.220. The van der Waals surface area contributed by atoms with E-state index in [1.807, 2.05) is 27.7 Å². The van der Waals surface area contributed by atoms with Crippen molar-refractivity contribution in [2.75, 3.05) is 0 Å². The van der Waals surface area contributed by atoms with Crippen molar-refractivity contribution in [1.82, 2.24) is 5.32 Å². The van der Waals surface area contributed by atoms with Crippen LogP contribution in [0.5, 0.6) is 0 Å². The van der Waals surface area contributed by atoms with Crippen molar-refractivity contribution in [3.8, 4) is 0 Å². The van der Waals surface area contributed by atoms with Crippen molar-refractivity contribution in [3.63, 3.8) is 0 Å². The fourth-order valence-corrected chi connectivity index (χ4v) is 2.70. The molecule has 2 atom stereocenters. The highest BCUT2D eigenvalue weighted by molar-refractivity contribution is 5.69. The first kappa shape index (κ1) is 16.0. The van der Waals surface area contributed by atoms with Gasteiger partial charge in [-0.15, -0.1) is 0 Å². The van der Waals surface area contributed by atoms with Gasteiger partial charge in [-0.3, -0.25) is 0 Å². The molecule has 0 radical (unpaired) electrons. The molecule has 110 valence electrons. The summed E-state index contributed by atoms with van der Waals surface area (Å²) >= 11 is 0. The van der Waals surface area contributed by atoms with Gasteiger partial charge in [0.25, 0.3) is 0 Å². The maximum atomic E-state index is 11.9. The normalized spacial score (nSPS) is 20.4. The molecular weight excluding hydrogens is 242 g/mol. The van der Waals surface area contributed by atoms with Crippen molar-refractivity contribution < 1.29 is 14.3 Å². The largest absolute Gasteiger partial charge is 0.444 e. The Morgan fingerprint density at radius 2 is 1.84 bits per heavy atom. The van der Waals surface area contributed by atoms with Crippen LogP contribution in [0.2, 0.25) is 0 Å². The minimum Gasteiger partial charge on any atom is -0.444 e. The Bertz CT molecular complexity index is 303. The van der Waals surface area contributed by atoms with Gasteiger partial charge >= 0.3 is 6.09 Å². The Balaban J connectivity index is 2.63. The van der Waals surface area contributed by atoms with Crippen LogP contribution in [0.15, 0.2) is 0 Å². The number of ether oxygens (including phenoxy) is 1. The molecule has 1 aliphatic rings. The van der Waals surface area contributed by atoms with E-state index in [4.69, 9.17) is 4.74 Å². The third-order valence-electron chi connectivity index (χ3n) is 3.62. The van der Waals surface area contributed by atoms with Crippen LogP contribution in [0.25, 0.3) is 0 Å². The van der Waals surface area contributed by atoms with Crippen LogP contribution in [0.4, 0.5) is 4.79 Å². The van der Waals surface area contributed by atoms with Gasteiger partial charge in [-0.05, 0) is 39.5 Å². The summed E-state index contributed by atoms with van der Waals surface area (Å²) in [5.41, 5.74) is -0.508. The number of nitrogens with one attached hydrogen (secondary N) is 1. The van der Waals surface area contributed by atoms with E-state index >= 15 is 0 Å². The monoisotopic (exact) mass is 269 g/mol. The number of aldehydes is 1. The summed E-state index contributed by atoms with van der Waals surface area (Å²) in [6, 6.07) is -0.104. The highest BCUT2D eigenvalue weighted by Crippen LogP contribution is 2.29. The second kappa shape index (κ2) is 6.92. The van der Waals surface area contributed by atoms with Crippen LogP contribution < -0.4 is 5.32 Å². The molecule has 0 aromatic heterocycles. The molecule has 0 spiro atoms. The maximum Gasteiger partial charge on any atom is 0.407 e. The third kappa shape index (κ3) is 5.62. The Morgan fingerprint density at radius 3 is 2.32 bits per heavy atom. The Hall–Kier alpha value is -1.06. The molecule has 1 amide bonds. The predicted octanol–water partition coefficient (Wildman–Crippen LogP) is 3.30. The lowest BCUT2D eigenvalue weighted by Crippen LogP contribution is -2.47. The summed E-state index contributed by atoms with van der Waals surface area (Å²) < 4.78 is 5.29. The van der Waals surface area contributed by atoms with E-state index in [1.54, 1.807) is 0 Å². The number of alkyl carbamates (subject to hydrolysis) is 1. The number of hydrogen-bond donors (Lipinski definition) is 1. The van der Waals surface area contributed by atoms with Gasteiger partial charge in [0.15, 0.2) is 0 Å². The van der Waals surface area contributed by atoms with Crippen molar-refractivity contribution >= 4 is 12.4 Å². The molecule has 0 aromatic carbocycles. The molecule has 0 saturated heterocycles. The van der Waals surface area contributed by atoms with E-state index in [9.17, 15) is 9.59 Å². The van der Waals surface area contributed by atoms with Crippen LogP contribution in [0.1, 0.15) is 59.8 Å². The molecule has 0 aromatic rings. The topological polar surface area (TPSA) is 55.4 Å². The van der Waals surface area contributed by atoms with Crippen LogP contribution in [0.3, 0.4) is 0 Å². The van der Waals surface area contributed by atoms with Gasteiger partial charge in [0.2, 0.25) is 0 Å². The zero-order valence-electron chi connectivity index (χ0n) is 12.6. The zero-order chi connectivity index (χ0) is 14.5. The van der Waals surface area contributed by atoms with Crippen LogP contribution in [-0.2, 0) is 9.53 Å². The molecular formula is C15H27NO3. The smallest absolute Gasteiger partial charge is 0.407 e. The first-order chi connectivity index (χ1) is 8.83. The molecule has 1 N–H and O–H groups in total. The molecule has 1 rings (SSSR count). The first-order valence-corrected chi connectivity index (χ1v) is 7.28. The lowest BCUT2D eigenvalue weighted by atomic mass is 9.79. The summed E-state index contributed by atoms with van der Waals surface area (Å²) in [5, 5.41) is 2.90. The average Bonchev–Trinajstić information content (AvgIpc) is 2.34. The summed E-state index contributed by atoms with van der Waals surface area (Å²) in [6.07, 6.45) is 6.29. The number of amides is 1. The zero-order valence-corrected chi connectivity index (χ0v) is 12.6. The van der Waals surface area contributed by atoms with Crippen molar-refractivity contribution in [1.29, 1.82) is 0 Å². The molecule has 0 unspecified atom stereocenters. The number of carbonyl (C=O) groups is 2. The highest BCUT2D eigenvalue weighted by Gasteiger charge is 2.30. The average molecular weight is 269 g/mol. The molecule has 1 fully saturated rings. The van der Waals surface area contributed by atoms with E-state index in [2.05, 4.69) is 5.32 Å². The van der Waals surface area contributed by atoms with Crippen LogP contribution in [0, 0.1) is 11.8 Å². The summed E-state index contributed by atoms with van der Waals surface area (Å²) in [6.45, 7) is 7.38. The molecule has 4 nitrogen and oxygen atoms in total. The third-order valence-corrected chi connectivity index (χ3v) is 3.62. The molecule has 1 saturated carbocycles. The molecule has 0 aliphatic heterocycles. The van der Waals surface area contributed by atoms with Crippen LogP contribution in [-0.4, -0.2) is 24.0 Å². The Labute approximate surface area is 116 Å². The van der Waals surface area contributed by atoms with E-state index in [0.717, 1.165) is 19.1 Å². The van der Waals surface area contributed by atoms with Gasteiger partial charge in [0.1, 0.15) is 11.9 Å². The number of carbonyl (C=O) groups excluding carboxylic acids is 2. The second-order valence-electron chi connectivity index (χ2n) is 6.57. The van der Waals surface area contributed by atoms with Gasteiger partial charge in [0.05, 0.1) is 0 Å². The quantitative estimate of drug-likeness (QED) is 0.797. The van der Waals surface area contributed by atoms with E-state index < -0.39 is 11.7 Å². The Kier molecular flexibility index (Phi) is 5.83. The predicted molar refractivity (Wildman–Crippen MR) is 75.0 cm³/mol.